The average Bonchev–Trinajstić information content (AvgIpc) is 2.77. The van der Waals surface area contributed by atoms with E-state index >= 15 is 0 Å². The molecule has 1 aromatic heterocycles. The molecule has 1 aromatic rings. The SMILES string of the molecule is CC(C)(N)c1noc(CN2CC=C(C(F)(F)F)CC2)n1. The third-order valence-electron chi connectivity index (χ3n) is 3.06. The van der Waals surface area contributed by atoms with Crippen LogP contribution < -0.4 is 5.73 Å². The quantitative estimate of drug-likeness (QED) is 0.862. The number of hydrogen-bond acceptors (Lipinski definition) is 5. The fraction of sp³-hybridized carbons (Fsp3) is 0.667. The number of halogens is 3. The minimum Gasteiger partial charge on any atom is -0.338 e. The van der Waals surface area contributed by atoms with Gasteiger partial charge in [-0.05, 0) is 20.3 Å². The lowest BCUT2D eigenvalue weighted by Gasteiger charge is -2.25. The molecule has 0 aromatic carbocycles. The Morgan fingerprint density at radius 1 is 1.40 bits per heavy atom. The van der Waals surface area contributed by atoms with Gasteiger partial charge in [-0.2, -0.15) is 18.2 Å². The highest BCUT2D eigenvalue weighted by Crippen LogP contribution is 2.30. The minimum absolute atomic E-state index is 0.0210. The van der Waals surface area contributed by atoms with Gasteiger partial charge in [0.25, 0.3) is 0 Å². The van der Waals surface area contributed by atoms with Crippen LogP contribution in [0.4, 0.5) is 13.2 Å². The van der Waals surface area contributed by atoms with E-state index in [1.54, 1.807) is 13.8 Å². The minimum atomic E-state index is -4.23. The van der Waals surface area contributed by atoms with Crippen molar-refractivity contribution in [3.63, 3.8) is 0 Å². The Balaban J connectivity index is 1.96. The first kappa shape index (κ1) is 15.0. The Morgan fingerprint density at radius 2 is 2.10 bits per heavy atom. The molecule has 2 N–H and O–H groups in total. The van der Waals surface area contributed by atoms with Gasteiger partial charge in [0.15, 0.2) is 5.82 Å². The zero-order chi connectivity index (χ0) is 15.0. The van der Waals surface area contributed by atoms with Crippen molar-refractivity contribution in [1.82, 2.24) is 15.0 Å². The summed E-state index contributed by atoms with van der Waals surface area (Å²) in [6.45, 7) is 4.36. The van der Waals surface area contributed by atoms with Gasteiger partial charge in [0.2, 0.25) is 5.89 Å². The summed E-state index contributed by atoms with van der Waals surface area (Å²) in [5, 5.41) is 3.77. The van der Waals surface area contributed by atoms with E-state index in [2.05, 4.69) is 10.1 Å². The molecule has 0 spiro atoms. The highest BCUT2D eigenvalue weighted by Gasteiger charge is 2.35. The summed E-state index contributed by atoms with van der Waals surface area (Å²) in [5.74, 6) is 0.749. The zero-order valence-corrected chi connectivity index (χ0v) is 11.4. The third kappa shape index (κ3) is 3.57. The molecule has 0 aliphatic carbocycles. The van der Waals surface area contributed by atoms with Crippen LogP contribution in [0.3, 0.4) is 0 Å². The van der Waals surface area contributed by atoms with E-state index in [-0.39, 0.29) is 13.0 Å². The Kier molecular flexibility index (Phi) is 3.88. The Labute approximate surface area is 114 Å². The number of hydrogen-bond donors (Lipinski definition) is 1. The topological polar surface area (TPSA) is 68.2 Å². The summed E-state index contributed by atoms with van der Waals surface area (Å²) in [4.78, 5) is 5.97. The highest BCUT2D eigenvalue weighted by atomic mass is 19.4. The van der Waals surface area contributed by atoms with Gasteiger partial charge in [-0.3, -0.25) is 4.90 Å². The van der Waals surface area contributed by atoms with Gasteiger partial charge < -0.3 is 10.3 Å². The van der Waals surface area contributed by atoms with Crippen molar-refractivity contribution in [3.8, 4) is 0 Å². The van der Waals surface area contributed by atoms with Crippen LogP contribution in [0, 0.1) is 0 Å². The lowest BCUT2D eigenvalue weighted by Crippen LogP contribution is -2.32. The molecule has 0 radical (unpaired) electrons. The highest BCUT2D eigenvalue weighted by molar-refractivity contribution is 5.13. The van der Waals surface area contributed by atoms with Gasteiger partial charge in [-0.15, -0.1) is 0 Å². The normalized spacial score (nSPS) is 18.2. The van der Waals surface area contributed by atoms with E-state index in [0.29, 0.717) is 24.8 Å². The zero-order valence-electron chi connectivity index (χ0n) is 11.4. The predicted molar refractivity (Wildman–Crippen MR) is 65.5 cm³/mol. The molecule has 1 aliphatic rings. The number of rotatable bonds is 3. The van der Waals surface area contributed by atoms with Crippen molar-refractivity contribution in [2.75, 3.05) is 13.1 Å². The van der Waals surface area contributed by atoms with Crippen LogP contribution in [0.2, 0.25) is 0 Å². The van der Waals surface area contributed by atoms with Crippen molar-refractivity contribution in [2.24, 2.45) is 5.73 Å². The van der Waals surface area contributed by atoms with Gasteiger partial charge in [0.1, 0.15) is 0 Å². The molecule has 20 heavy (non-hydrogen) atoms. The molecule has 0 unspecified atom stereocenters. The van der Waals surface area contributed by atoms with Gasteiger partial charge >= 0.3 is 6.18 Å². The number of alkyl halides is 3. The molecule has 112 valence electrons. The van der Waals surface area contributed by atoms with E-state index in [1.807, 2.05) is 4.90 Å². The van der Waals surface area contributed by atoms with E-state index in [9.17, 15) is 13.2 Å². The molecule has 8 heteroatoms. The average molecular weight is 290 g/mol. The van der Waals surface area contributed by atoms with Crippen LogP contribution in [0.5, 0.6) is 0 Å². The van der Waals surface area contributed by atoms with Crippen molar-refractivity contribution >= 4 is 0 Å². The molecule has 2 heterocycles. The van der Waals surface area contributed by atoms with Crippen molar-refractivity contribution in [3.05, 3.63) is 23.4 Å². The van der Waals surface area contributed by atoms with Gasteiger partial charge in [-0.1, -0.05) is 11.2 Å². The molecule has 0 bridgehead atoms. The number of nitrogens with zero attached hydrogens (tertiary/aromatic N) is 3. The maximum atomic E-state index is 12.5. The van der Waals surface area contributed by atoms with Crippen LogP contribution in [-0.4, -0.2) is 34.3 Å². The van der Waals surface area contributed by atoms with Crippen LogP contribution in [0.25, 0.3) is 0 Å². The van der Waals surface area contributed by atoms with Crippen LogP contribution in [0.15, 0.2) is 16.2 Å². The van der Waals surface area contributed by atoms with Gasteiger partial charge in [-0.25, -0.2) is 0 Å². The van der Waals surface area contributed by atoms with Crippen LogP contribution in [0.1, 0.15) is 32.0 Å². The first-order valence-corrected chi connectivity index (χ1v) is 6.27. The molecular weight excluding hydrogens is 273 g/mol. The molecule has 1 aliphatic heterocycles. The molecule has 0 fully saturated rings. The van der Waals surface area contributed by atoms with Crippen molar-refractivity contribution in [1.29, 1.82) is 0 Å². The van der Waals surface area contributed by atoms with Gasteiger partial charge in [0, 0.05) is 18.7 Å². The Hall–Kier alpha value is -1.41. The second kappa shape index (κ2) is 5.17. The lowest BCUT2D eigenvalue weighted by molar-refractivity contribution is -0.0961. The number of nitrogens with two attached hydrogens (primary N) is 1. The second-order valence-electron chi connectivity index (χ2n) is 5.45. The molecule has 2 rings (SSSR count). The molecule has 5 nitrogen and oxygen atoms in total. The molecule has 0 saturated carbocycles. The van der Waals surface area contributed by atoms with Crippen LogP contribution >= 0.6 is 0 Å². The summed E-state index contributed by atoms with van der Waals surface area (Å²) in [7, 11) is 0. The smallest absolute Gasteiger partial charge is 0.338 e. The number of aromatic nitrogens is 2. The monoisotopic (exact) mass is 290 g/mol. The van der Waals surface area contributed by atoms with Crippen LogP contribution in [-0.2, 0) is 12.1 Å². The lowest BCUT2D eigenvalue weighted by atomic mass is 10.1. The second-order valence-corrected chi connectivity index (χ2v) is 5.45. The predicted octanol–water partition coefficient (Wildman–Crippen LogP) is 1.96. The van der Waals surface area contributed by atoms with Crippen molar-refractivity contribution < 1.29 is 17.7 Å². The summed E-state index contributed by atoms with van der Waals surface area (Å²) in [6.07, 6.45) is -3.05. The fourth-order valence-electron chi connectivity index (χ4n) is 1.88. The van der Waals surface area contributed by atoms with E-state index < -0.39 is 17.3 Å². The van der Waals surface area contributed by atoms with E-state index in [4.69, 9.17) is 10.3 Å². The Morgan fingerprint density at radius 3 is 2.55 bits per heavy atom. The molecule has 0 atom stereocenters. The standard InChI is InChI=1S/C12H17F3N4O/c1-11(2,16)10-17-9(20-18-10)7-19-5-3-8(4-6-19)12(13,14)15/h3H,4-7,16H2,1-2H3. The molecule has 0 amide bonds. The maximum absolute atomic E-state index is 12.5. The Bertz CT molecular complexity index is 502. The molecule has 0 saturated heterocycles. The maximum Gasteiger partial charge on any atom is 0.412 e. The summed E-state index contributed by atoms with van der Waals surface area (Å²) < 4.78 is 42.5. The fourth-order valence-corrected chi connectivity index (χ4v) is 1.88. The summed E-state index contributed by atoms with van der Waals surface area (Å²) >= 11 is 0. The van der Waals surface area contributed by atoms with E-state index in [0.717, 1.165) is 0 Å². The third-order valence-corrected chi connectivity index (χ3v) is 3.06. The van der Waals surface area contributed by atoms with E-state index in [1.165, 1.54) is 6.08 Å². The molecular formula is C12H17F3N4O. The first-order valence-electron chi connectivity index (χ1n) is 6.27. The first-order chi connectivity index (χ1) is 9.16. The summed E-state index contributed by atoms with van der Waals surface area (Å²) in [5.41, 5.74) is 4.67. The largest absolute Gasteiger partial charge is 0.412 e. The van der Waals surface area contributed by atoms with Gasteiger partial charge in [0.05, 0.1) is 12.1 Å². The summed E-state index contributed by atoms with van der Waals surface area (Å²) in [6, 6.07) is 0. The van der Waals surface area contributed by atoms with Crippen molar-refractivity contribution in [2.45, 2.75) is 38.5 Å².